The van der Waals surface area contributed by atoms with Crippen LogP contribution in [0.2, 0.25) is 10.0 Å². The topological polar surface area (TPSA) is 83.1 Å². The minimum absolute atomic E-state index is 0.0171. The van der Waals surface area contributed by atoms with E-state index >= 15 is 0 Å². The molecule has 1 aliphatic heterocycles. The molecule has 0 saturated heterocycles. The van der Waals surface area contributed by atoms with Crippen molar-refractivity contribution in [1.82, 2.24) is 0 Å². The van der Waals surface area contributed by atoms with Crippen LogP contribution in [0, 0.1) is 0 Å². The normalized spacial score (nSPS) is 15.0. The molecule has 0 bridgehead atoms. The van der Waals surface area contributed by atoms with Crippen LogP contribution in [0.3, 0.4) is 0 Å². The molecule has 1 N–H and O–H groups in total. The summed E-state index contributed by atoms with van der Waals surface area (Å²) in [5.41, 5.74) is 2.04. The fraction of sp³-hybridized carbons (Fsp3) is 0.0455. The molecule has 6 nitrogen and oxygen atoms in total. The minimum atomic E-state index is -1.12. The van der Waals surface area contributed by atoms with Gasteiger partial charge in [-0.15, -0.1) is 0 Å². The monoisotopic (exact) mass is 440 g/mol. The van der Waals surface area contributed by atoms with Crippen LogP contribution >= 0.6 is 23.2 Å². The quantitative estimate of drug-likeness (QED) is 0.522. The van der Waals surface area contributed by atoms with Crippen molar-refractivity contribution in [3.8, 4) is 11.3 Å². The van der Waals surface area contributed by atoms with Crippen molar-refractivity contribution in [1.29, 1.82) is 0 Å². The summed E-state index contributed by atoms with van der Waals surface area (Å²) in [5.74, 6) is -0.539. The zero-order chi connectivity index (χ0) is 21.4. The van der Waals surface area contributed by atoms with Crippen LogP contribution in [-0.4, -0.2) is 22.7 Å². The fourth-order valence-electron chi connectivity index (χ4n) is 3.04. The molecule has 3 aromatic rings. The Morgan fingerprint density at radius 3 is 2.67 bits per heavy atom. The molecule has 1 aromatic heterocycles. The summed E-state index contributed by atoms with van der Waals surface area (Å²) in [4.78, 5) is 24.1. The number of nitrogens with zero attached hydrogens (tertiary/aromatic N) is 2. The molecule has 150 valence electrons. The van der Waals surface area contributed by atoms with E-state index in [1.54, 1.807) is 55.5 Å². The number of hydrazone groups is 1. The van der Waals surface area contributed by atoms with Gasteiger partial charge in [0.25, 0.3) is 5.91 Å². The second-order valence-corrected chi connectivity index (χ2v) is 7.39. The van der Waals surface area contributed by atoms with E-state index in [-0.39, 0.29) is 16.5 Å². The van der Waals surface area contributed by atoms with Gasteiger partial charge >= 0.3 is 5.97 Å². The van der Waals surface area contributed by atoms with Gasteiger partial charge in [-0.2, -0.15) is 10.1 Å². The number of benzene rings is 2. The molecular weight excluding hydrogens is 427 g/mol. The first-order chi connectivity index (χ1) is 14.3. The Balaban J connectivity index is 1.63. The Morgan fingerprint density at radius 1 is 1.13 bits per heavy atom. The first-order valence-electron chi connectivity index (χ1n) is 8.84. The van der Waals surface area contributed by atoms with Crippen molar-refractivity contribution >= 4 is 52.6 Å². The van der Waals surface area contributed by atoms with Crippen molar-refractivity contribution < 1.29 is 19.1 Å². The molecule has 4 rings (SSSR count). The van der Waals surface area contributed by atoms with Gasteiger partial charge in [0.2, 0.25) is 0 Å². The van der Waals surface area contributed by atoms with Gasteiger partial charge in [-0.1, -0.05) is 29.3 Å². The molecule has 1 aliphatic rings. The van der Waals surface area contributed by atoms with Crippen LogP contribution in [-0.2, 0) is 4.79 Å². The van der Waals surface area contributed by atoms with Gasteiger partial charge in [0.15, 0.2) is 0 Å². The lowest BCUT2D eigenvalue weighted by Crippen LogP contribution is -2.21. The van der Waals surface area contributed by atoms with Crippen LogP contribution < -0.4 is 5.01 Å². The van der Waals surface area contributed by atoms with Gasteiger partial charge < -0.3 is 9.52 Å². The van der Waals surface area contributed by atoms with Crippen molar-refractivity contribution in [2.24, 2.45) is 5.10 Å². The van der Waals surface area contributed by atoms with Gasteiger partial charge in [0.05, 0.1) is 27.6 Å². The number of carbonyl (C=O) groups is 2. The highest BCUT2D eigenvalue weighted by molar-refractivity contribution is 6.34. The van der Waals surface area contributed by atoms with E-state index in [4.69, 9.17) is 27.6 Å². The molecule has 30 heavy (non-hydrogen) atoms. The van der Waals surface area contributed by atoms with Crippen LogP contribution in [0.4, 0.5) is 5.69 Å². The Morgan fingerprint density at radius 2 is 1.93 bits per heavy atom. The average Bonchev–Trinajstić information content (AvgIpc) is 3.28. The smallest absolute Gasteiger partial charge is 0.337 e. The predicted molar refractivity (Wildman–Crippen MR) is 116 cm³/mol. The number of carbonyl (C=O) groups excluding carboxylic acids is 1. The lowest BCUT2D eigenvalue weighted by atomic mass is 10.1. The summed E-state index contributed by atoms with van der Waals surface area (Å²) < 4.78 is 5.80. The summed E-state index contributed by atoms with van der Waals surface area (Å²) >= 11 is 11.9. The standard InChI is InChI=1S/C22H14Cl2N2O4/c1-12-17(21(27)26(25-12)15-4-2-3-14(23)10-15)11-16-6-8-20(30-16)13-5-7-19(24)18(9-13)22(28)29/h2-11H,1H3,(H,28,29). The van der Waals surface area contributed by atoms with Crippen molar-refractivity contribution in [2.75, 3.05) is 5.01 Å². The Bertz CT molecular complexity index is 1240. The maximum atomic E-state index is 12.8. The Hall–Kier alpha value is -3.35. The highest BCUT2D eigenvalue weighted by atomic mass is 35.5. The van der Waals surface area contributed by atoms with Gasteiger partial charge in [-0.05, 0) is 61.5 Å². The molecule has 0 spiro atoms. The molecule has 0 saturated carbocycles. The van der Waals surface area contributed by atoms with E-state index in [1.807, 2.05) is 0 Å². The molecule has 2 aromatic carbocycles. The number of carboxylic acids is 1. The van der Waals surface area contributed by atoms with E-state index in [0.29, 0.717) is 39.1 Å². The van der Waals surface area contributed by atoms with E-state index in [2.05, 4.69) is 5.10 Å². The SMILES string of the molecule is CC1=NN(c2cccc(Cl)c2)C(=O)C1=Cc1ccc(-c2ccc(Cl)c(C(=O)O)c2)o1. The second-order valence-electron chi connectivity index (χ2n) is 6.54. The van der Waals surface area contributed by atoms with Gasteiger partial charge in [-0.3, -0.25) is 4.79 Å². The fourth-order valence-corrected chi connectivity index (χ4v) is 3.42. The van der Waals surface area contributed by atoms with Crippen LogP contribution in [0.1, 0.15) is 23.0 Å². The summed E-state index contributed by atoms with van der Waals surface area (Å²) in [7, 11) is 0. The molecule has 0 unspecified atom stereocenters. The first kappa shape index (κ1) is 19.9. The maximum absolute atomic E-state index is 12.8. The van der Waals surface area contributed by atoms with Crippen molar-refractivity contribution in [3.05, 3.63) is 81.5 Å². The van der Waals surface area contributed by atoms with E-state index in [1.165, 1.54) is 17.1 Å². The highest BCUT2D eigenvalue weighted by Gasteiger charge is 2.29. The number of carboxylic acid groups (broad SMARTS) is 1. The number of aromatic carboxylic acids is 1. The third kappa shape index (κ3) is 3.75. The summed E-state index contributed by atoms with van der Waals surface area (Å²) in [5, 5.41) is 15.5. The lowest BCUT2D eigenvalue weighted by molar-refractivity contribution is -0.114. The molecule has 0 radical (unpaired) electrons. The molecule has 1 amide bonds. The molecule has 8 heteroatoms. The van der Waals surface area contributed by atoms with Crippen LogP contribution in [0.5, 0.6) is 0 Å². The maximum Gasteiger partial charge on any atom is 0.337 e. The number of rotatable bonds is 4. The first-order valence-corrected chi connectivity index (χ1v) is 9.59. The van der Waals surface area contributed by atoms with Gasteiger partial charge in [0.1, 0.15) is 11.5 Å². The number of hydrogen-bond acceptors (Lipinski definition) is 4. The second kappa shape index (κ2) is 7.82. The van der Waals surface area contributed by atoms with Gasteiger partial charge in [-0.25, -0.2) is 4.79 Å². The number of furan rings is 1. The largest absolute Gasteiger partial charge is 0.478 e. The average molecular weight is 441 g/mol. The van der Waals surface area contributed by atoms with E-state index in [9.17, 15) is 14.7 Å². The Kier molecular flexibility index (Phi) is 5.20. The zero-order valence-corrected chi connectivity index (χ0v) is 17.1. The molecule has 0 fully saturated rings. The van der Waals surface area contributed by atoms with Crippen LogP contribution in [0.15, 0.2) is 69.7 Å². The molecule has 0 aliphatic carbocycles. The minimum Gasteiger partial charge on any atom is -0.478 e. The number of amides is 1. The third-order valence-corrected chi connectivity index (χ3v) is 5.07. The number of anilines is 1. The molecular formula is C22H14Cl2N2O4. The highest BCUT2D eigenvalue weighted by Crippen LogP contribution is 2.30. The van der Waals surface area contributed by atoms with E-state index < -0.39 is 5.97 Å². The van der Waals surface area contributed by atoms with Crippen molar-refractivity contribution in [3.63, 3.8) is 0 Å². The third-order valence-electron chi connectivity index (χ3n) is 4.51. The number of halogens is 2. The lowest BCUT2D eigenvalue weighted by Gasteiger charge is -2.11. The summed E-state index contributed by atoms with van der Waals surface area (Å²) in [6.45, 7) is 1.73. The van der Waals surface area contributed by atoms with Crippen molar-refractivity contribution in [2.45, 2.75) is 6.92 Å². The molecule has 2 heterocycles. The predicted octanol–water partition coefficient (Wildman–Crippen LogP) is 5.76. The Labute approximate surface area is 181 Å². The summed E-state index contributed by atoms with van der Waals surface area (Å²) in [6, 6.07) is 14.9. The van der Waals surface area contributed by atoms with Gasteiger partial charge in [0, 0.05) is 10.6 Å². The number of hydrogen-bond donors (Lipinski definition) is 1. The van der Waals surface area contributed by atoms with Crippen LogP contribution in [0.25, 0.3) is 17.4 Å². The summed E-state index contributed by atoms with van der Waals surface area (Å²) in [6.07, 6.45) is 1.60. The van der Waals surface area contributed by atoms with E-state index in [0.717, 1.165) is 0 Å². The molecule has 0 atom stereocenters. The zero-order valence-electron chi connectivity index (χ0n) is 15.6.